The van der Waals surface area contributed by atoms with Gasteiger partial charge in [0.15, 0.2) is 17.9 Å². The Morgan fingerprint density at radius 2 is 1.93 bits per heavy atom. The molecule has 0 amide bonds. The van der Waals surface area contributed by atoms with E-state index in [1.807, 2.05) is 19.9 Å². The number of rotatable bonds is 12. The molecule has 1 aromatic heterocycles. The van der Waals surface area contributed by atoms with Crippen LogP contribution in [0.25, 0.3) is 0 Å². The van der Waals surface area contributed by atoms with Crippen LogP contribution in [0.4, 0.5) is 27.5 Å². The number of allylic oxidation sites excluding steroid dienone is 1. The van der Waals surface area contributed by atoms with Gasteiger partial charge in [0, 0.05) is 70.4 Å². The molecule has 0 saturated carbocycles. The quantitative estimate of drug-likeness (QED) is 0.106. The Hall–Kier alpha value is -4.16. The molecular weight excluding hydrogens is 513 g/mol. The summed E-state index contributed by atoms with van der Waals surface area (Å²) in [6.45, 7) is 11.5. The molecule has 0 spiro atoms. The van der Waals surface area contributed by atoms with Crippen LogP contribution >= 0.6 is 0 Å². The molecule has 2 heterocycles. The lowest BCUT2D eigenvalue weighted by Crippen LogP contribution is -2.46. The largest absolute Gasteiger partial charge is 0.369 e. The molecule has 0 bridgehead atoms. The van der Waals surface area contributed by atoms with Gasteiger partial charge in [-0.1, -0.05) is 6.08 Å². The first kappa shape index (κ1) is 30.4. The number of carbonyl (C=O) groups is 2. The van der Waals surface area contributed by atoms with Crippen molar-refractivity contribution in [1.29, 1.82) is 0 Å². The molecule has 3 rings (SSSR count). The lowest BCUT2D eigenvalue weighted by molar-refractivity contribution is -0.104. The summed E-state index contributed by atoms with van der Waals surface area (Å²) in [5, 5.41) is 12.8. The third-order valence-corrected chi connectivity index (χ3v) is 6.41. The average molecular weight is 552 g/mol. The van der Waals surface area contributed by atoms with Gasteiger partial charge < -0.3 is 15.1 Å². The van der Waals surface area contributed by atoms with Crippen molar-refractivity contribution in [3.05, 3.63) is 60.6 Å². The molecule has 1 aromatic carbocycles. The van der Waals surface area contributed by atoms with Crippen LogP contribution in [0.15, 0.2) is 54.3 Å². The van der Waals surface area contributed by atoms with Gasteiger partial charge in [0.05, 0.1) is 5.56 Å². The molecule has 1 N–H and O–H groups in total. The first-order valence-corrected chi connectivity index (χ1v) is 13.1. The summed E-state index contributed by atoms with van der Waals surface area (Å²) in [6.07, 6.45) is 7.22. The van der Waals surface area contributed by atoms with Gasteiger partial charge >= 0.3 is 0 Å². The van der Waals surface area contributed by atoms with Crippen LogP contribution in [0.1, 0.15) is 24.2 Å². The van der Waals surface area contributed by atoms with E-state index in [4.69, 9.17) is 0 Å². The van der Waals surface area contributed by atoms with Gasteiger partial charge in [-0.05, 0) is 51.2 Å². The summed E-state index contributed by atoms with van der Waals surface area (Å²) in [5.74, 6) is 0.326. The summed E-state index contributed by atoms with van der Waals surface area (Å²) < 4.78 is 14.6. The van der Waals surface area contributed by atoms with Gasteiger partial charge in [-0.2, -0.15) is 10.1 Å². The van der Waals surface area contributed by atoms with E-state index in [1.165, 1.54) is 30.5 Å². The lowest BCUT2D eigenvalue weighted by atomic mass is 10.2. The number of hydrazone groups is 1. The summed E-state index contributed by atoms with van der Waals surface area (Å²) in [7, 11) is 5.65. The van der Waals surface area contributed by atoms with Crippen LogP contribution in [-0.2, 0) is 4.79 Å². The van der Waals surface area contributed by atoms with Gasteiger partial charge in [-0.25, -0.2) is 19.4 Å². The third kappa shape index (κ3) is 7.93. The Kier molecular flexibility index (Phi) is 10.9. The molecule has 11 nitrogen and oxygen atoms in total. The number of amidine groups is 1. The molecule has 12 heteroatoms. The number of nitrogens with one attached hydrogen (secondary N) is 1. The van der Waals surface area contributed by atoms with Crippen LogP contribution in [0.5, 0.6) is 0 Å². The van der Waals surface area contributed by atoms with E-state index in [1.54, 1.807) is 35.2 Å². The molecular formula is C28H38FN9O2. The second-order valence-electron chi connectivity index (χ2n) is 9.77. The predicted octanol–water partition coefficient (Wildman–Crippen LogP) is 3.17. The number of anilines is 4. The second kappa shape index (κ2) is 14.3. The summed E-state index contributed by atoms with van der Waals surface area (Å²) in [6, 6.07) is 4.79. The SMILES string of the molecule is C=CCN(C)N(C(/C=C\C=O)=N/N(C)C(C)C)c1nc(Nc2cc(F)cc(N3CCN(C)CC3)c2)ncc1C=O. The summed E-state index contributed by atoms with van der Waals surface area (Å²) >= 11 is 0. The standard InChI is InChI=1S/C28H38FN9O2/c1-7-10-35(5)38(26(9-8-15-39)33-36(6)21(2)3)27-22(20-40)19-30-28(32-27)31-24-16-23(29)17-25(18-24)37-13-11-34(4)12-14-37/h7-9,15-21H,1,10-14H2,2-6H3,(H,30,31,32)/b9-8-,33-26+. The van der Waals surface area contributed by atoms with Crippen molar-refractivity contribution in [2.24, 2.45) is 5.10 Å². The number of hydrogen-bond donors (Lipinski definition) is 1. The fourth-order valence-electron chi connectivity index (χ4n) is 3.98. The maximum Gasteiger partial charge on any atom is 0.229 e. The van der Waals surface area contributed by atoms with Crippen molar-refractivity contribution in [1.82, 2.24) is 24.9 Å². The number of halogens is 1. The second-order valence-corrected chi connectivity index (χ2v) is 9.77. The van der Waals surface area contributed by atoms with Crippen molar-refractivity contribution in [3.8, 4) is 0 Å². The average Bonchev–Trinajstić information content (AvgIpc) is 2.92. The first-order valence-electron chi connectivity index (χ1n) is 13.1. The first-order chi connectivity index (χ1) is 19.2. The fraction of sp³-hybridized carbons (Fsp3) is 0.393. The molecule has 0 atom stereocenters. The van der Waals surface area contributed by atoms with Crippen molar-refractivity contribution < 1.29 is 14.0 Å². The van der Waals surface area contributed by atoms with Gasteiger partial charge in [0.2, 0.25) is 5.95 Å². The van der Waals surface area contributed by atoms with Gasteiger partial charge in [0.1, 0.15) is 12.1 Å². The zero-order chi connectivity index (χ0) is 29.2. The maximum atomic E-state index is 14.6. The minimum atomic E-state index is -0.388. The Labute approximate surface area is 235 Å². The van der Waals surface area contributed by atoms with E-state index in [-0.39, 0.29) is 29.2 Å². The smallest absolute Gasteiger partial charge is 0.229 e. The van der Waals surface area contributed by atoms with Crippen LogP contribution < -0.4 is 15.2 Å². The van der Waals surface area contributed by atoms with E-state index in [9.17, 15) is 14.0 Å². The molecule has 0 radical (unpaired) electrons. The molecule has 0 unspecified atom stereocenters. The number of hydrogen-bond acceptors (Lipinski definition) is 10. The maximum absolute atomic E-state index is 14.6. The van der Waals surface area contributed by atoms with E-state index in [0.29, 0.717) is 30.6 Å². The number of carbonyl (C=O) groups excluding carboxylic acids is 2. The molecule has 40 heavy (non-hydrogen) atoms. The Morgan fingerprint density at radius 1 is 1.20 bits per heavy atom. The van der Waals surface area contributed by atoms with Crippen molar-refractivity contribution in [2.75, 3.05) is 69.1 Å². The fourth-order valence-corrected chi connectivity index (χ4v) is 3.98. The number of aldehydes is 2. The van der Waals surface area contributed by atoms with Crippen molar-refractivity contribution >= 4 is 41.5 Å². The van der Waals surface area contributed by atoms with Crippen LogP contribution in [0.3, 0.4) is 0 Å². The molecule has 1 saturated heterocycles. The summed E-state index contributed by atoms with van der Waals surface area (Å²) in [5.41, 5.74) is 1.43. The predicted molar refractivity (Wildman–Crippen MR) is 158 cm³/mol. The van der Waals surface area contributed by atoms with Gasteiger partial charge in [-0.15, -0.1) is 6.58 Å². The lowest BCUT2D eigenvalue weighted by Gasteiger charge is -2.34. The van der Waals surface area contributed by atoms with Gasteiger partial charge in [-0.3, -0.25) is 14.6 Å². The zero-order valence-electron chi connectivity index (χ0n) is 23.8. The number of aromatic nitrogens is 2. The number of benzene rings is 1. The Bertz CT molecular complexity index is 1240. The third-order valence-electron chi connectivity index (χ3n) is 6.41. The highest BCUT2D eigenvalue weighted by atomic mass is 19.1. The van der Waals surface area contributed by atoms with Crippen LogP contribution in [0, 0.1) is 5.82 Å². The molecule has 214 valence electrons. The number of nitrogens with zero attached hydrogens (tertiary/aromatic N) is 8. The highest BCUT2D eigenvalue weighted by molar-refractivity contribution is 6.07. The summed E-state index contributed by atoms with van der Waals surface area (Å²) in [4.78, 5) is 36.6. The van der Waals surface area contributed by atoms with Crippen LogP contribution in [-0.4, -0.2) is 103 Å². The number of likely N-dealkylation sites (N-methyl/N-ethyl adjacent to an activating group) is 2. The zero-order valence-corrected chi connectivity index (χ0v) is 23.8. The Balaban J connectivity index is 2.05. The molecule has 1 aliphatic heterocycles. The number of piperazine rings is 1. The molecule has 2 aromatic rings. The van der Waals surface area contributed by atoms with Crippen molar-refractivity contribution in [3.63, 3.8) is 0 Å². The van der Waals surface area contributed by atoms with Crippen LogP contribution in [0.2, 0.25) is 0 Å². The van der Waals surface area contributed by atoms with E-state index >= 15 is 0 Å². The highest BCUT2D eigenvalue weighted by Crippen LogP contribution is 2.26. The minimum absolute atomic E-state index is 0.0573. The van der Waals surface area contributed by atoms with E-state index in [2.05, 4.69) is 43.8 Å². The molecule has 0 aliphatic carbocycles. The minimum Gasteiger partial charge on any atom is -0.369 e. The van der Waals surface area contributed by atoms with E-state index < -0.39 is 0 Å². The molecule has 1 aliphatic rings. The van der Waals surface area contributed by atoms with E-state index in [0.717, 1.165) is 31.9 Å². The Morgan fingerprint density at radius 3 is 2.55 bits per heavy atom. The topological polar surface area (TPSA) is 101 Å². The normalized spacial score (nSPS) is 14.6. The highest BCUT2D eigenvalue weighted by Gasteiger charge is 2.24. The number of hydrazine groups is 1. The monoisotopic (exact) mass is 551 g/mol. The van der Waals surface area contributed by atoms with Gasteiger partial charge in [0.25, 0.3) is 0 Å². The van der Waals surface area contributed by atoms with Crippen molar-refractivity contribution in [2.45, 2.75) is 19.9 Å². The molecule has 1 fully saturated rings.